The quantitative estimate of drug-likeness (QED) is 0.358. The van der Waals surface area contributed by atoms with E-state index in [4.69, 9.17) is 0 Å². The summed E-state index contributed by atoms with van der Waals surface area (Å²) in [5.74, 6) is 6.14. The van der Waals surface area contributed by atoms with Crippen molar-refractivity contribution in [1.29, 1.82) is 0 Å². The van der Waals surface area contributed by atoms with Crippen LogP contribution in [0.15, 0.2) is 0 Å². The van der Waals surface area contributed by atoms with Crippen LogP contribution in [-0.2, 0) is 0 Å². The van der Waals surface area contributed by atoms with Gasteiger partial charge in [-0.25, -0.2) is 0 Å². The number of halogens is 1. The summed E-state index contributed by atoms with van der Waals surface area (Å²) in [5.41, 5.74) is 0. The molecule has 1 aliphatic heterocycles. The molecule has 0 aliphatic carbocycles. The molecule has 1 unspecified atom stereocenters. The molecule has 0 bridgehead atoms. The van der Waals surface area contributed by atoms with Crippen molar-refractivity contribution in [3.63, 3.8) is 0 Å². The van der Waals surface area contributed by atoms with Crippen LogP contribution in [-0.4, -0.2) is 23.0 Å². The van der Waals surface area contributed by atoms with Crippen molar-refractivity contribution < 1.29 is 21.2 Å². The summed E-state index contributed by atoms with van der Waals surface area (Å²) < 4.78 is 3.28. The molecule has 0 aromatic carbocycles. The molecule has 0 saturated carbocycles. The molecule has 1 atom stereocenters. The van der Waals surface area contributed by atoms with Crippen LogP contribution in [0.5, 0.6) is 0 Å². The van der Waals surface area contributed by atoms with Crippen LogP contribution < -0.4 is 21.2 Å². The van der Waals surface area contributed by atoms with Crippen molar-refractivity contribution in [3.05, 3.63) is 0 Å². The Balaban J connectivity index is 2.01. The van der Waals surface area contributed by atoms with Gasteiger partial charge in [0.1, 0.15) is 0 Å². The van der Waals surface area contributed by atoms with Crippen LogP contribution in [0, 0.1) is 5.92 Å². The van der Waals surface area contributed by atoms with Gasteiger partial charge >= 0.3 is 79.8 Å². The molecule has 0 aromatic rings. The van der Waals surface area contributed by atoms with Gasteiger partial charge in [0.25, 0.3) is 0 Å². The second-order valence-corrected chi connectivity index (χ2v) is 10.1. The molecule has 2 heteroatoms. The molecule has 0 radical (unpaired) electrons. The monoisotopic (exact) mass is 267 g/mol. The van der Waals surface area contributed by atoms with Crippen LogP contribution >= 0.6 is 0 Å². The Morgan fingerprint density at radius 3 is 2.80 bits per heavy atom. The summed E-state index contributed by atoms with van der Waals surface area (Å²) in [6.07, 6.45) is 3.18. The Morgan fingerprint density at radius 2 is 2.30 bits per heavy atom. The molecule has 1 rings (SSSR count). The van der Waals surface area contributed by atoms with Gasteiger partial charge in [-0.2, -0.15) is 0 Å². The topological polar surface area (TPSA) is 0 Å². The SMILES string of the molecule is [CH3][Al]([CH3])[CH2]CC1CC[I-]C1. The van der Waals surface area contributed by atoms with Gasteiger partial charge in [-0.05, 0) is 0 Å². The molecule has 1 saturated heterocycles. The van der Waals surface area contributed by atoms with E-state index in [0.717, 1.165) is 0 Å². The Bertz CT molecular complexity index is 87.3. The Kier molecular flexibility index (Phi) is 4.68. The Morgan fingerprint density at radius 1 is 1.50 bits per heavy atom. The third-order valence-electron chi connectivity index (χ3n) is 2.13. The fourth-order valence-corrected chi connectivity index (χ4v) is 5.99. The number of rotatable bonds is 3. The van der Waals surface area contributed by atoms with Gasteiger partial charge in [0, 0.05) is 0 Å². The normalized spacial score (nSPS) is 26.0. The Hall–Kier alpha value is 1.26. The van der Waals surface area contributed by atoms with Crippen molar-refractivity contribution in [2.24, 2.45) is 5.92 Å². The summed E-state index contributed by atoms with van der Waals surface area (Å²) >= 11 is 0.471. The molecule has 1 heterocycles. The van der Waals surface area contributed by atoms with Gasteiger partial charge in [-0.3, -0.25) is 0 Å². The predicted molar refractivity (Wildman–Crippen MR) is 44.7 cm³/mol. The molecular weight excluding hydrogens is 250 g/mol. The van der Waals surface area contributed by atoms with E-state index < -0.39 is 0 Å². The molecule has 0 amide bonds. The van der Waals surface area contributed by atoms with Gasteiger partial charge in [0.05, 0.1) is 0 Å². The van der Waals surface area contributed by atoms with Crippen LogP contribution in [0.25, 0.3) is 0 Å². The average molecular weight is 267 g/mol. The second-order valence-electron chi connectivity index (χ2n) is 3.66. The van der Waals surface area contributed by atoms with E-state index in [1.807, 2.05) is 0 Å². The van der Waals surface area contributed by atoms with E-state index >= 15 is 0 Å². The number of hydrogen-bond donors (Lipinski definition) is 0. The molecule has 0 N–H and O–H groups in total. The maximum atomic E-state index is 2.48. The van der Waals surface area contributed by atoms with E-state index in [0.29, 0.717) is 21.2 Å². The first-order valence-corrected chi connectivity index (χ1v) is 10.5. The van der Waals surface area contributed by atoms with Crippen LogP contribution in [0.3, 0.4) is 0 Å². The third-order valence-corrected chi connectivity index (χ3v) is 6.87. The molecule has 10 heavy (non-hydrogen) atoms. The molecular formula is C8H17AlI-. The standard InChI is InChI=1S/C6H11I.2CH3.Al/c1-2-6-3-4-7-5-6;;;/h6H,1-5H2;2*1H3;/q-1;;;. The van der Waals surface area contributed by atoms with Crippen molar-refractivity contribution >= 4 is 14.1 Å². The van der Waals surface area contributed by atoms with E-state index in [1.165, 1.54) is 5.92 Å². The maximum absolute atomic E-state index is 2.48. The van der Waals surface area contributed by atoms with E-state index in [9.17, 15) is 0 Å². The fraction of sp³-hybridized carbons (Fsp3) is 1.00. The summed E-state index contributed by atoms with van der Waals surface area (Å²) in [4.78, 5) is 0. The van der Waals surface area contributed by atoms with Crippen LogP contribution in [0.1, 0.15) is 12.8 Å². The average Bonchev–Trinajstić information content (AvgIpc) is 2.34. The zero-order valence-corrected chi connectivity index (χ0v) is 10.4. The van der Waals surface area contributed by atoms with E-state index in [1.54, 1.807) is 27.0 Å². The molecule has 1 aliphatic rings. The second kappa shape index (κ2) is 5.01. The van der Waals surface area contributed by atoms with Gasteiger partial charge in [0.2, 0.25) is 0 Å². The zero-order chi connectivity index (χ0) is 7.40. The number of alkyl halides is 2. The minimum absolute atomic E-state index is 0.215. The van der Waals surface area contributed by atoms with Crippen molar-refractivity contribution in [2.75, 3.05) is 8.86 Å². The summed E-state index contributed by atoms with van der Waals surface area (Å²) in [6.45, 7) is 0. The fourth-order valence-electron chi connectivity index (χ4n) is 1.33. The summed E-state index contributed by atoms with van der Waals surface area (Å²) in [5, 5.41) is 1.61. The molecule has 0 nitrogen and oxygen atoms in total. The first-order chi connectivity index (χ1) is 4.79. The molecule has 0 spiro atoms. The first kappa shape index (κ1) is 9.35. The van der Waals surface area contributed by atoms with Crippen molar-refractivity contribution in [1.82, 2.24) is 0 Å². The van der Waals surface area contributed by atoms with Crippen LogP contribution in [0.4, 0.5) is 0 Å². The molecule has 60 valence electrons. The molecule has 0 aromatic heterocycles. The molecule has 1 fully saturated rings. The third kappa shape index (κ3) is 3.59. The van der Waals surface area contributed by atoms with E-state index in [2.05, 4.69) is 11.6 Å². The predicted octanol–water partition coefficient (Wildman–Crippen LogP) is -0.760. The minimum atomic E-state index is -0.215. The summed E-state index contributed by atoms with van der Waals surface area (Å²) in [6, 6.07) is 0. The first-order valence-electron chi connectivity index (χ1n) is 4.32. The van der Waals surface area contributed by atoms with Gasteiger partial charge in [0.15, 0.2) is 0 Å². The van der Waals surface area contributed by atoms with Crippen molar-refractivity contribution in [3.8, 4) is 0 Å². The van der Waals surface area contributed by atoms with Crippen LogP contribution in [0.2, 0.25) is 16.9 Å². The summed E-state index contributed by atoms with van der Waals surface area (Å²) in [7, 11) is 0. The van der Waals surface area contributed by atoms with Gasteiger partial charge in [-0.1, -0.05) is 0 Å². The zero-order valence-electron chi connectivity index (χ0n) is 7.07. The van der Waals surface area contributed by atoms with Gasteiger partial charge < -0.3 is 0 Å². The number of hydrogen-bond acceptors (Lipinski definition) is 0. The Labute approximate surface area is 79.4 Å². The van der Waals surface area contributed by atoms with Gasteiger partial charge in [-0.15, -0.1) is 0 Å². The van der Waals surface area contributed by atoms with E-state index in [-0.39, 0.29) is 14.1 Å². The van der Waals surface area contributed by atoms with Crippen molar-refractivity contribution in [2.45, 2.75) is 29.7 Å².